The average molecular weight is 433 g/mol. The van der Waals surface area contributed by atoms with E-state index < -0.39 is 20.3 Å². The van der Waals surface area contributed by atoms with E-state index in [1.54, 1.807) is 0 Å². The van der Waals surface area contributed by atoms with Crippen molar-refractivity contribution in [1.29, 1.82) is 0 Å². The van der Waals surface area contributed by atoms with Gasteiger partial charge in [-0.05, 0) is 6.92 Å². The molecule has 12 heteroatoms. The minimum Gasteiger partial charge on any atom is -0.693 e. The number of hydrogen-bond acceptors (Lipinski definition) is 3. The molecular weight excluding hydrogens is 421 g/mol. The molecule has 0 radical (unpaired) electrons. The molecule has 0 aromatic heterocycles. The summed E-state index contributed by atoms with van der Waals surface area (Å²) in [5, 5.41) is 5.37. The molecule has 0 amide bonds. The van der Waals surface area contributed by atoms with E-state index in [1.165, 1.54) is 0 Å². The minimum absolute atomic E-state index is 0. The Morgan fingerprint density at radius 1 is 0.929 bits per heavy atom. The molecule has 0 saturated carbocycles. The van der Waals surface area contributed by atoms with E-state index in [9.17, 15) is 9.13 Å². The van der Waals surface area contributed by atoms with Gasteiger partial charge in [-0.3, -0.25) is 9.13 Å². The normalized spacial score (nSPS) is 11.9. The van der Waals surface area contributed by atoms with Gasteiger partial charge in [0.1, 0.15) is 0 Å². The number of rotatable bonds is 2. The summed E-state index contributed by atoms with van der Waals surface area (Å²) < 4.78 is 20.5. The molecule has 0 saturated heterocycles. The summed E-state index contributed by atoms with van der Waals surface area (Å²) >= 11 is 0. The van der Waals surface area contributed by atoms with Gasteiger partial charge in [-0.2, -0.15) is 0 Å². The smallest absolute Gasteiger partial charge is 0.693 e. The van der Waals surface area contributed by atoms with E-state index in [1.807, 2.05) is 0 Å². The molecule has 0 aromatic carbocycles. The maximum Gasteiger partial charge on any atom is 2.00 e. The zero-order chi connectivity index (χ0) is 9.50. The van der Waals surface area contributed by atoms with E-state index in [-0.39, 0.29) is 33.4 Å². The molecule has 92 valence electrons. The van der Waals surface area contributed by atoms with Crippen LogP contribution in [0.1, 0.15) is 6.92 Å². The summed E-state index contributed by atoms with van der Waals surface area (Å²) in [4.78, 5) is 33.0. The molecule has 0 aliphatic heterocycles. The van der Waals surface area contributed by atoms with Crippen LogP contribution in [0.3, 0.4) is 0 Å². The molecule has 0 atom stereocenters. The average Bonchev–Trinajstić information content (AvgIpc) is 1.58. The minimum atomic E-state index is -5.20. The summed E-state index contributed by atoms with van der Waals surface area (Å²) in [7, 11) is -10.4. The van der Waals surface area contributed by atoms with Crippen LogP contribution in [0, 0.1) is 0 Å². The largest absolute Gasteiger partial charge is 2.00 e. The van der Waals surface area contributed by atoms with Crippen molar-refractivity contribution >= 4 is 15.2 Å². The van der Waals surface area contributed by atoms with Crippen molar-refractivity contribution in [1.82, 2.24) is 0 Å². The fraction of sp³-hybridized carbons (Fsp3) is 1.00. The predicted octanol–water partition coefficient (Wildman–Crippen LogP) is 0.440. The molecule has 14 heavy (non-hydrogen) atoms. The van der Waals surface area contributed by atoms with Crippen molar-refractivity contribution in [3.05, 3.63) is 12.3 Å². The van der Waals surface area contributed by atoms with Crippen molar-refractivity contribution in [3.8, 4) is 0 Å². The predicted molar refractivity (Wildman–Crippen MR) is 45.3 cm³/mol. The molecule has 0 aliphatic carbocycles. The van der Waals surface area contributed by atoms with E-state index >= 15 is 0 Å². The summed E-state index contributed by atoms with van der Waals surface area (Å²) in [6.07, 6.45) is 0. The van der Waals surface area contributed by atoms with Gasteiger partial charge in [0.25, 0.3) is 5.08 Å². The Bertz CT molecular complexity index is 220. The second-order valence-corrected chi connectivity index (χ2v) is 6.33. The molecule has 0 rings (SSSR count). The first-order valence-corrected chi connectivity index (χ1v) is 5.56. The Morgan fingerprint density at radius 2 is 1.07 bits per heavy atom. The fourth-order valence-electron chi connectivity index (χ4n) is 0.170. The third kappa shape index (κ3) is 5.09. The van der Waals surface area contributed by atoms with Gasteiger partial charge in [-0.1, -0.05) is 0 Å². The zero-order valence-electron chi connectivity index (χ0n) is 6.92. The van der Waals surface area contributed by atoms with Crippen LogP contribution in [0.15, 0.2) is 0 Å². The second-order valence-electron chi connectivity index (χ2n) is 2.06. The van der Waals surface area contributed by atoms with Gasteiger partial charge in [0.2, 0.25) is 0 Å². The summed E-state index contributed by atoms with van der Waals surface area (Å²) in [5.74, 6) is 0. The summed E-state index contributed by atoms with van der Waals surface area (Å²) in [6.45, 7) is 0.383. The van der Waals surface area contributed by atoms with E-state index in [0.29, 0.717) is 6.92 Å². The van der Waals surface area contributed by atoms with Crippen LogP contribution in [0.5, 0.6) is 0 Å². The van der Waals surface area contributed by atoms with Crippen LogP contribution >= 0.6 is 15.2 Å². The molecule has 9 nitrogen and oxygen atoms in total. The molecule has 0 spiro atoms. The van der Waals surface area contributed by atoms with Gasteiger partial charge in [-0.25, -0.2) is 0 Å². The maximum atomic E-state index is 10.3. The number of aliphatic hydroxyl groups is 1. The van der Waals surface area contributed by atoms with E-state index in [2.05, 4.69) is 0 Å². The van der Waals surface area contributed by atoms with Crippen LogP contribution in [0.4, 0.5) is 0 Å². The summed E-state index contributed by atoms with van der Waals surface area (Å²) in [5.41, 5.74) is 0. The molecule has 9 N–H and O–H groups in total. The SMILES string of the molecule is CC(O)(P(=O)(O)O)P(=O)(O)O.[NH2-].[NH2-].[Pt+2]. The Morgan fingerprint density at radius 3 is 1.07 bits per heavy atom. The van der Waals surface area contributed by atoms with Crippen molar-refractivity contribution in [2.75, 3.05) is 0 Å². The Labute approximate surface area is 94.7 Å². The summed E-state index contributed by atoms with van der Waals surface area (Å²) in [6, 6.07) is 0. The van der Waals surface area contributed by atoms with Crippen molar-refractivity contribution in [2.45, 2.75) is 12.0 Å². The number of nitrogens with two attached hydrogens (primary N) is 2. The Hall–Kier alpha value is 0.868. The third-order valence-corrected chi connectivity index (χ3v) is 4.87. The van der Waals surface area contributed by atoms with Gasteiger partial charge in [-0.15, -0.1) is 0 Å². The third-order valence-electron chi connectivity index (χ3n) is 1.10. The van der Waals surface area contributed by atoms with Crippen LogP contribution in [-0.4, -0.2) is 29.8 Å². The maximum absolute atomic E-state index is 10.3. The van der Waals surface area contributed by atoms with Gasteiger partial charge >= 0.3 is 36.3 Å². The van der Waals surface area contributed by atoms with Gasteiger partial charge < -0.3 is 37.0 Å². The quantitative estimate of drug-likeness (QED) is 0.389. The first-order valence-electron chi connectivity index (χ1n) is 2.34. The molecule has 0 aliphatic rings. The van der Waals surface area contributed by atoms with Gasteiger partial charge in [0, 0.05) is 0 Å². The standard InChI is InChI=1S/C2H8O7P2.2H2N.Pt/c1-2(3,10(4,5)6)11(7,8)9;;;/h3H,1H3,(H2,4,5,6)(H2,7,8,9);2*1H2;/q;2*-1;+2. The molecule has 0 bridgehead atoms. The van der Waals surface area contributed by atoms with Crippen LogP contribution < -0.4 is 0 Å². The number of hydrogen-bond donors (Lipinski definition) is 5. The first-order chi connectivity index (χ1) is 4.50. The van der Waals surface area contributed by atoms with Gasteiger partial charge in [0.15, 0.2) is 0 Å². The fourth-order valence-corrected chi connectivity index (χ4v) is 1.53. The van der Waals surface area contributed by atoms with E-state index in [0.717, 1.165) is 0 Å². The van der Waals surface area contributed by atoms with Crippen molar-refractivity contribution < 1.29 is 54.9 Å². The monoisotopic (exact) mass is 433 g/mol. The second kappa shape index (κ2) is 6.45. The Kier molecular flexibility index (Phi) is 11.2. The molecular formula is C2H12N2O7P2Pt. The van der Waals surface area contributed by atoms with Crippen molar-refractivity contribution in [3.63, 3.8) is 0 Å². The van der Waals surface area contributed by atoms with Crippen LogP contribution in [0.2, 0.25) is 0 Å². The zero-order valence-corrected chi connectivity index (χ0v) is 11.0. The molecule has 0 heterocycles. The first kappa shape index (κ1) is 24.2. The topological polar surface area (TPSA) is 202 Å². The molecule has 0 unspecified atom stereocenters. The van der Waals surface area contributed by atoms with Gasteiger partial charge in [0.05, 0.1) is 0 Å². The van der Waals surface area contributed by atoms with E-state index in [4.69, 9.17) is 24.7 Å². The molecule has 0 aromatic rings. The molecule has 0 fully saturated rings. The van der Waals surface area contributed by atoms with Crippen molar-refractivity contribution in [2.24, 2.45) is 0 Å². The van der Waals surface area contributed by atoms with Crippen LogP contribution in [0.25, 0.3) is 12.3 Å². The Balaban J connectivity index is -0.000000167. The van der Waals surface area contributed by atoms with Crippen LogP contribution in [-0.2, 0) is 30.2 Å².